The van der Waals surface area contributed by atoms with Gasteiger partial charge in [0.2, 0.25) is 0 Å². The quantitative estimate of drug-likeness (QED) is 0.901. The number of carbonyl (C=O) groups excluding carboxylic acids is 1. The molecule has 2 N–H and O–H groups in total. The fourth-order valence-corrected chi connectivity index (χ4v) is 3.24. The van der Waals surface area contributed by atoms with Gasteiger partial charge in [0.1, 0.15) is 0 Å². The number of hydrogen-bond donors (Lipinski definition) is 2. The molecule has 1 amide bonds. The van der Waals surface area contributed by atoms with Crippen molar-refractivity contribution in [2.24, 2.45) is 0 Å². The number of pyridine rings is 1. The molecule has 1 aliphatic rings. The molecule has 3 rings (SSSR count). The van der Waals surface area contributed by atoms with E-state index in [0.29, 0.717) is 11.4 Å². The maximum Gasteiger partial charge on any atom is 0.287 e. The Balaban J connectivity index is 1.79. The highest BCUT2D eigenvalue weighted by molar-refractivity contribution is 5.91. The van der Waals surface area contributed by atoms with Crippen LogP contribution in [0.3, 0.4) is 0 Å². The average Bonchev–Trinajstić information content (AvgIpc) is 3.05. The number of nitrogens with one attached hydrogen (secondary N) is 2. The van der Waals surface area contributed by atoms with Crippen LogP contribution in [0.25, 0.3) is 0 Å². The maximum atomic E-state index is 12.3. The Kier molecular flexibility index (Phi) is 4.46. The molecule has 0 unspecified atom stereocenters. The van der Waals surface area contributed by atoms with E-state index in [-0.39, 0.29) is 23.8 Å². The van der Waals surface area contributed by atoms with Crippen molar-refractivity contribution in [3.63, 3.8) is 0 Å². The fraction of sp³-hybridized carbons (Fsp3) is 0.444. The lowest BCUT2D eigenvalue weighted by Crippen LogP contribution is -2.30. The highest BCUT2D eigenvalue weighted by Crippen LogP contribution is 2.24. The van der Waals surface area contributed by atoms with Gasteiger partial charge in [0.15, 0.2) is 11.6 Å². The zero-order valence-corrected chi connectivity index (χ0v) is 14.4. The molecular weight excluding hydrogens is 306 g/mol. The summed E-state index contributed by atoms with van der Waals surface area (Å²) in [5, 5.41) is 2.81. The van der Waals surface area contributed by atoms with Crippen molar-refractivity contribution in [3.8, 4) is 0 Å². The Morgan fingerprint density at radius 1 is 1.25 bits per heavy atom. The van der Waals surface area contributed by atoms with E-state index in [1.807, 2.05) is 21.0 Å². The van der Waals surface area contributed by atoms with E-state index >= 15 is 0 Å². The number of carbonyl (C=O) groups is 1. The van der Waals surface area contributed by atoms with E-state index in [4.69, 9.17) is 4.42 Å². The van der Waals surface area contributed by atoms with Gasteiger partial charge in [-0.15, -0.1) is 0 Å². The number of rotatable bonds is 4. The molecule has 2 aromatic heterocycles. The first-order valence-electron chi connectivity index (χ1n) is 8.26. The van der Waals surface area contributed by atoms with Gasteiger partial charge in [-0.1, -0.05) is 0 Å². The molecule has 1 aliphatic carbocycles. The van der Waals surface area contributed by atoms with E-state index in [0.717, 1.165) is 36.9 Å². The van der Waals surface area contributed by atoms with Gasteiger partial charge >= 0.3 is 0 Å². The second kappa shape index (κ2) is 6.55. The summed E-state index contributed by atoms with van der Waals surface area (Å²) >= 11 is 0. The standard InChI is InChI=1S/C18H23N3O3/c1-11-12-6-4-5-7-13(12)14(17(22)20-11)10-19-18(23)15-8-9-16(24-15)21(2)3/h8-9H,4-7,10H2,1-3H3,(H,19,23)(H,20,22). The molecule has 128 valence electrons. The van der Waals surface area contributed by atoms with E-state index in [1.165, 1.54) is 5.56 Å². The Hall–Kier alpha value is -2.50. The minimum Gasteiger partial charge on any atom is -0.435 e. The van der Waals surface area contributed by atoms with Crippen LogP contribution in [-0.2, 0) is 19.4 Å². The summed E-state index contributed by atoms with van der Waals surface area (Å²) in [4.78, 5) is 29.3. The van der Waals surface area contributed by atoms with Crippen LogP contribution in [0.15, 0.2) is 21.3 Å². The molecule has 2 aromatic rings. The Labute approximate surface area is 140 Å². The van der Waals surface area contributed by atoms with Crippen LogP contribution in [0.2, 0.25) is 0 Å². The van der Waals surface area contributed by atoms with Crippen LogP contribution in [0.1, 0.15) is 45.8 Å². The number of hydrogen-bond acceptors (Lipinski definition) is 4. The van der Waals surface area contributed by atoms with Crippen LogP contribution in [0.4, 0.5) is 5.88 Å². The summed E-state index contributed by atoms with van der Waals surface area (Å²) in [7, 11) is 3.69. The molecule has 0 saturated carbocycles. The van der Waals surface area contributed by atoms with Gasteiger partial charge in [0, 0.05) is 38.0 Å². The summed E-state index contributed by atoms with van der Waals surface area (Å²) < 4.78 is 5.49. The monoisotopic (exact) mass is 329 g/mol. The second-order valence-corrected chi connectivity index (χ2v) is 6.44. The first kappa shape index (κ1) is 16.4. The Morgan fingerprint density at radius 3 is 2.62 bits per heavy atom. The van der Waals surface area contributed by atoms with Gasteiger partial charge in [-0.3, -0.25) is 9.59 Å². The lowest BCUT2D eigenvalue weighted by atomic mass is 9.88. The molecule has 0 radical (unpaired) electrons. The van der Waals surface area contributed by atoms with Gasteiger partial charge < -0.3 is 19.6 Å². The van der Waals surface area contributed by atoms with Gasteiger partial charge in [-0.05, 0) is 49.8 Å². The van der Waals surface area contributed by atoms with Gasteiger partial charge in [0.05, 0.1) is 0 Å². The first-order valence-corrected chi connectivity index (χ1v) is 8.26. The predicted molar refractivity (Wildman–Crippen MR) is 92.6 cm³/mol. The molecular formula is C18H23N3O3. The number of H-pyrrole nitrogens is 1. The van der Waals surface area contributed by atoms with E-state index in [1.54, 1.807) is 17.0 Å². The van der Waals surface area contributed by atoms with Crippen molar-refractivity contribution < 1.29 is 9.21 Å². The number of aryl methyl sites for hydroxylation is 1. The number of furan rings is 1. The number of amides is 1. The Morgan fingerprint density at radius 2 is 1.96 bits per heavy atom. The van der Waals surface area contributed by atoms with Crippen molar-refractivity contribution in [1.29, 1.82) is 0 Å². The molecule has 0 fully saturated rings. The highest BCUT2D eigenvalue weighted by Gasteiger charge is 2.20. The topological polar surface area (TPSA) is 78.3 Å². The van der Waals surface area contributed by atoms with Crippen molar-refractivity contribution >= 4 is 11.8 Å². The maximum absolute atomic E-state index is 12.3. The van der Waals surface area contributed by atoms with Gasteiger partial charge in [-0.25, -0.2) is 0 Å². The third kappa shape index (κ3) is 3.09. The molecule has 0 aliphatic heterocycles. The summed E-state index contributed by atoms with van der Waals surface area (Å²) in [6, 6.07) is 3.38. The fourth-order valence-electron chi connectivity index (χ4n) is 3.24. The molecule has 6 heteroatoms. The zero-order chi connectivity index (χ0) is 17.3. The lowest BCUT2D eigenvalue weighted by molar-refractivity contribution is 0.0923. The van der Waals surface area contributed by atoms with Crippen molar-refractivity contribution in [3.05, 3.63) is 50.6 Å². The van der Waals surface area contributed by atoms with Crippen LogP contribution < -0.4 is 15.8 Å². The zero-order valence-electron chi connectivity index (χ0n) is 14.4. The van der Waals surface area contributed by atoms with Crippen LogP contribution >= 0.6 is 0 Å². The van der Waals surface area contributed by atoms with Crippen LogP contribution in [0.5, 0.6) is 0 Å². The molecule has 0 atom stereocenters. The summed E-state index contributed by atoms with van der Waals surface area (Å²) in [5.41, 5.74) is 3.85. The molecule has 2 heterocycles. The number of anilines is 1. The van der Waals surface area contributed by atoms with Crippen LogP contribution in [-0.4, -0.2) is 25.0 Å². The number of nitrogens with zero attached hydrogens (tertiary/aromatic N) is 1. The summed E-state index contributed by atoms with van der Waals surface area (Å²) in [5.74, 6) is 0.550. The van der Waals surface area contributed by atoms with E-state index in [2.05, 4.69) is 10.3 Å². The Bertz CT molecular complexity index is 817. The predicted octanol–water partition coefficient (Wildman–Crippen LogP) is 2.15. The molecule has 0 spiro atoms. The molecule has 0 aromatic carbocycles. The molecule has 24 heavy (non-hydrogen) atoms. The van der Waals surface area contributed by atoms with E-state index in [9.17, 15) is 9.59 Å². The second-order valence-electron chi connectivity index (χ2n) is 6.44. The van der Waals surface area contributed by atoms with Crippen molar-refractivity contribution in [1.82, 2.24) is 10.3 Å². The largest absolute Gasteiger partial charge is 0.435 e. The normalized spacial score (nSPS) is 13.5. The molecule has 0 bridgehead atoms. The minimum absolute atomic E-state index is 0.109. The number of fused-ring (bicyclic) bond motifs is 1. The highest BCUT2D eigenvalue weighted by atomic mass is 16.4. The third-order valence-electron chi connectivity index (χ3n) is 4.54. The summed E-state index contributed by atoms with van der Waals surface area (Å²) in [6.07, 6.45) is 4.12. The van der Waals surface area contributed by atoms with Crippen molar-refractivity contribution in [2.45, 2.75) is 39.2 Å². The molecule has 0 saturated heterocycles. The van der Waals surface area contributed by atoms with E-state index < -0.39 is 0 Å². The average molecular weight is 329 g/mol. The van der Waals surface area contributed by atoms with Gasteiger partial charge in [-0.2, -0.15) is 0 Å². The smallest absolute Gasteiger partial charge is 0.287 e. The number of aromatic amines is 1. The lowest BCUT2D eigenvalue weighted by Gasteiger charge is -2.21. The number of aromatic nitrogens is 1. The third-order valence-corrected chi connectivity index (χ3v) is 4.54. The SMILES string of the molecule is Cc1[nH]c(=O)c(CNC(=O)c2ccc(N(C)C)o2)c2c1CCCC2. The van der Waals surface area contributed by atoms with Gasteiger partial charge in [0.25, 0.3) is 11.5 Å². The molecule has 6 nitrogen and oxygen atoms in total. The summed E-state index contributed by atoms with van der Waals surface area (Å²) in [6.45, 7) is 2.16. The minimum atomic E-state index is -0.312. The van der Waals surface area contributed by atoms with Crippen LogP contribution in [0, 0.1) is 6.92 Å². The first-order chi connectivity index (χ1) is 11.5. The van der Waals surface area contributed by atoms with Crippen molar-refractivity contribution in [2.75, 3.05) is 19.0 Å².